The molecule has 0 aromatic heterocycles. The van der Waals surface area contributed by atoms with Gasteiger partial charge in [0.15, 0.2) is 0 Å². The Bertz CT molecular complexity index is 369. The van der Waals surface area contributed by atoms with E-state index < -0.39 is 13.9 Å². The van der Waals surface area contributed by atoms with Gasteiger partial charge in [-0.15, -0.1) is 4.39 Å². The number of hydrogen-bond acceptors (Lipinski definition) is 5. The number of carbonyl (C=O) groups excluding carboxylic acids is 1. The summed E-state index contributed by atoms with van der Waals surface area (Å²) in [6.45, 7) is 2.22. The van der Waals surface area contributed by atoms with Gasteiger partial charge in [-0.3, -0.25) is 9.05 Å². The van der Waals surface area contributed by atoms with Gasteiger partial charge in [0, 0.05) is 6.54 Å². The molecule has 6 nitrogen and oxygen atoms in total. The van der Waals surface area contributed by atoms with Gasteiger partial charge in [0.2, 0.25) is 0 Å². The minimum Gasteiger partial charge on any atom is -0.318 e. The third-order valence-corrected chi connectivity index (χ3v) is 6.83. The molecule has 19 heavy (non-hydrogen) atoms. The average Bonchev–Trinajstić information content (AvgIpc) is 2.71. The Morgan fingerprint density at radius 2 is 2.00 bits per heavy atom. The predicted octanol–water partition coefficient (Wildman–Crippen LogP) is 3.06. The second-order valence-electron chi connectivity index (χ2n) is 4.43. The highest BCUT2D eigenvalue weighted by Gasteiger charge is 2.49. The van der Waals surface area contributed by atoms with Gasteiger partial charge < -0.3 is 5.32 Å². The van der Waals surface area contributed by atoms with E-state index in [0.29, 0.717) is 6.54 Å². The molecule has 9 heteroatoms. The van der Waals surface area contributed by atoms with Crippen molar-refractivity contribution in [1.82, 2.24) is 9.39 Å². The van der Waals surface area contributed by atoms with E-state index in [1.54, 1.807) is 6.92 Å². The lowest BCUT2D eigenvalue weighted by atomic mass is 9.95. The topological polar surface area (TPSA) is 67.9 Å². The molecule has 2 atom stereocenters. The zero-order chi connectivity index (χ0) is 13.9. The van der Waals surface area contributed by atoms with Crippen LogP contribution < -0.4 is 5.32 Å². The van der Waals surface area contributed by atoms with E-state index in [1.165, 1.54) is 4.08 Å². The largest absolute Gasteiger partial charge is 0.418 e. The van der Waals surface area contributed by atoms with Crippen LogP contribution in [0.5, 0.6) is 0 Å². The summed E-state index contributed by atoms with van der Waals surface area (Å²) in [6, 6.07) is 0. The number of rotatable bonds is 5. The standard InChI is InChI=1S/C10H18FN2O4PS/c1-2-13(19-7-12-10(11)14)18(15)16-8-5-3-4-6-9(8)17-18/h8-9H,2-7H2,1H3,(H,12,14). The maximum absolute atomic E-state index is 12.6. The van der Waals surface area contributed by atoms with Crippen LogP contribution in [0.1, 0.15) is 32.6 Å². The van der Waals surface area contributed by atoms with E-state index >= 15 is 0 Å². The van der Waals surface area contributed by atoms with Crippen LogP contribution >= 0.6 is 19.7 Å². The molecule has 1 aliphatic heterocycles. The number of amides is 1. The molecule has 1 aliphatic carbocycles. The highest BCUT2D eigenvalue weighted by molar-refractivity contribution is 8.01. The van der Waals surface area contributed by atoms with Crippen molar-refractivity contribution in [3.05, 3.63) is 0 Å². The summed E-state index contributed by atoms with van der Waals surface area (Å²) in [5, 5.41) is 2.00. The molecule has 110 valence electrons. The normalized spacial score (nSPS) is 34.3. The van der Waals surface area contributed by atoms with Crippen molar-refractivity contribution in [2.24, 2.45) is 0 Å². The van der Waals surface area contributed by atoms with Gasteiger partial charge in [0.1, 0.15) is 0 Å². The molecule has 1 amide bonds. The van der Waals surface area contributed by atoms with Gasteiger partial charge in [-0.05, 0) is 24.8 Å². The summed E-state index contributed by atoms with van der Waals surface area (Å²) in [5.74, 6) is -0.00475. The van der Waals surface area contributed by atoms with Crippen LogP contribution in [0.2, 0.25) is 0 Å². The van der Waals surface area contributed by atoms with E-state index in [2.05, 4.69) is 0 Å². The smallest absolute Gasteiger partial charge is 0.318 e. The van der Waals surface area contributed by atoms with Gasteiger partial charge in [-0.1, -0.05) is 19.8 Å². The van der Waals surface area contributed by atoms with Crippen LogP contribution in [0.25, 0.3) is 0 Å². The monoisotopic (exact) mass is 312 g/mol. The van der Waals surface area contributed by atoms with Crippen molar-refractivity contribution in [1.29, 1.82) is 0 Å². The Morgan fingerprint density at radius 3 is 2.47 bits per heavy atom. The summed E-state index contributed by atoms with van der Waals surface area (Å²) in [4.78, 5) is 10.2. The fourth-order valence-corrected chi connectivity index (χ4v) is 5.53. The van der Waals surface area contributed by atoms with E-state index in [1.807, 2.05) is 5.32 Å². The second-order valence-corrected chi connectivity index (χ2v) is 7.53. The quantitative estimate of drug-likeness (QED) is 0.277. The van der Waals surface area contributed by atoms with Crippen molar-refractivity contribution in [3.63, 3.8) is 0 Å². The first-order chi connectivity index (χ1) is 9.05. The van der Waals surface area contributed by atoms with Crippen LogP contribution in [-0.2, 0) is 13.6 Å². The third-order valence-electron chi connectivity index (χ3n) is 3.15. The number of nitrogens with one attached hydrogen (secondary N) is 1. The Kier molecular flexibility index (Phi) is 5.25. The number of nitrogens with zero attached hydrogens (tertiary/aromatic N) is 1. The number of fused-ring (bicyclic) bond motifs is 1. The van der Waals surface area contributed by atoms with Crippen molar-refractivity contribution in [2.75, 3.05) is 12.4 Å². The maximum Gasteiger partial charge on any atom is 0.418 e. The molecule has 1 N–H and O–H groups in total. The molecule has 1 heterocycles. The predicted molar refractivity (Wildman–Crippen MR) is 70.3 cm³/mol. The van der Waals surface area contributed by atoms with E-state index in [9.17, 15) is 13.8 Å². The van der Waals surface area contributed by atoms with Gasteiger partial charge >= 0.3 is 13.9 Å². The van der Waals surface area contributed by atoms with Crippen LogP contribution in [0.3, 0.4) is 0 Å². The summed E-state index contributed by atoms with van der Waals surface area (Å²) in [5.41, 5.74) is 0. The molecule has 2 aliphatic rings. The second kappa shape index (κ2) is 6.54. The van der Waals surface area contributed by atoms with Crippen molar-refractivity contribution in [2.45, 2.75) is 44.8 Å². The summed E-state index contributed by atoms with van der Waals surface area (Å²) < 4.78 is 37.3. The Balaban J connectivity index is 1.93. The van der Waals surface area contributed by atoms with Crippen molar-refractivity contribution in [3.8, 4) is 0 Å². The summed E-state index contributed by atoms with van der Waals surface area (Å²) in [7, 11) is -3.32. The molecule has 0 bridgehead atoms. The summed E-state index contributed by atoms with van der Waals surface area (Å²) >= 11 is 1.04. The van der Waals surface area contributed by atoms with Crippen LogP contribution in [0.4, 0.5) is 9.18 Å². The molecule has 1 saturated heterocycles. The fourth-order valence-electron chi connectivity index (χ4n) is 2.27. The maximum atomic E-state index is 12.6. The Labute approximate surface area is 116 Å². The first kappa shape index (κ1) is 15.3. The lowest BCUT2D eigenvalue weighted by Crippen LogP contribution is -2.25. The molecule has 2 unspecified atom stereocenters. The zero-order valence-electron chi connectivity index (χ0n) is 10.7. The number of carbonyl (C=O) groups is 1. The Hall–Kier alpha value is -0.140. The molecular weight excluding hydrogens is 294 g/mol. The lowest BCUT2D eigenvalue weighted by Gasteiger charge is -2.23. The molecule has 2 fully saturated rings. The number of halogens is 1. The van der Waals surface area contributed by atoms with E-state index in [-0.39, 0.29) is 18.1 Å². The van der Waals surface area contributed by atoms with Crippen molar-refractivity contribution < 1.29 is 22.8 Å². The zero-order valence-corrected chi connectivity index (χ0v) is 12.4. The first-order valence-corrected chi connectivity index (χ1v) is 8.80. The van der Waals surface area contributed by atoms with Crippen molar-refractivity contribution >= 4 is 25.9 Å². The van der Waals surface area contributed by atoms with Crippen LogP contribution in [0, 0.1) is 0 Å². The van der Waals surface area contributed by atoms with Gasteiger partial charge in [0.05, 0.1) is 18.1 Å². The fraction of sp³-hybridized carbons (Fsp3) is 0.900. The molecule has 1 saturated carbocycles. The number of hydrogen-bond donors (Lipinski definition) is 1. The van der Waals surface area contributed by atoms with E-state index in [0.717, 1.165) is 37.6 Å². The summed E-state index contributed by atoms with van der Waals surface area (Å²) in [6.07, 6.45) is 2.01. The van der Waals surface area contributed by atoms with Crippen LogP contribution in [0.15, 0.2) is 0 Å². The Morgan fingerprint density at radius 1 is 1.42 bits per heavy atom. The molecule has 2 rings (SSSR count). The third kappa shape index (κ3) is 3.70. The average molecular weight is 312 g/mol. The molecular formula is C10H18FN2O4PS. The highest BCUT2D eigenvalue weighted by Crippen LogP contribution is 2.63. The molecule has 0 aromatic rings. The highest BCUT2D eigenvalue weighted by atomic mass is 32.2. The minimum absolute atomic E-state index is 0.00475. The van der Waals surface area contributed by atoms with Crippen LogP contribution in [-0.4, -0.2) is 34.9 Å². The minimum atomic E-state index is -3.32. The van der Waals surface area contributed by atoms with Gasteiger partial charge in [-0.25, -0.2) is 9.36 Å². The van der Waals surface area contributed by atoms with E-state index in [4.69, 9.17) is 9.05 Å². The molecule has 0 radical (unpaired) electrons. The lowest BCUT2D eigenvalue weighted by molar-refractivity contribution is 0.110. The first-order valence-electron chi connectivity index (χ1n) is 6.36. The molecule has 0 spiro atoms. The van der Waals surface area contributed by atoms with Gasteiger partial charge in [-0.2, -0.15) is 4.08 Å². The molecule has 0 aromatic carbocycles. The SMILES string of the molecule is CCN(SCNC(=O)F)P1(=O)OC2CCCCC2O1. The van der Waals surface area contributed by atoms with Gasteiger partial charge in [0.25, 0.3) is 0 Å².